The van der Waals surface area contributed by atoms with Gasteiger partial charge in [-0.25, -0.2) is 8.42 Å². The fourth-order valence-electron chi connectivity index (χ4n) is 2.02. The number of alkyl halides is 3. The second kappa shape index (κ2) is 6.59. The van der Waals surface area contributed by atoms with Gasteiger partial charge in [0.25, 0.3) is 10.0 Å². The van der Waals surface area contributed by atoms with Crippen molar-refractivity contribution in [3.05, 3.63) is 60.2 Å². The number of halogens is 3. The molecule has 2 aromatic carbocycles. The highest BCUT2D eigenvalue weighted by atomic mass is 32.2. The molecule has 0 aromatic heterocycles. The quantitative estimate of drug-likeness (QED) is 0.907. The van der Waals surface area contributed by atoms with Crippen LogP contribution in [0.4, 0.5) is 18.9 Å². The van der Waals surface area contributed by atoms with Gasteiger partial charge in [-0.2, -0.15) is 13.2 Å². The number of hydrogen-bond donors (Lipinski definition) is 1. The molecule has 0 fully saturated rings. The molecule has 0 heterocycles. The van der Waals surface area contributed by atoms with Crippen molar-refractivity contribution in [2.24, 2.45) is 0 Å². The molecule has 0 bridgehead atoms. The van der Waals surface area contributed by atoms with Crippen LogP contribution < -0.4 is 4.31 Å². The monoisotopic (exact) mass is 345 g/mol. The van der Waals surface area contributed by atoms with E-state index in [9.17, 15) is 21.6 Å². The van der Waals surface area contributed by atoms with Crippen LogP contribution in [0.2, 0.25) is 0 Å². The first-order chi connectivity index (χ1) is 10.8. The standard InChI is InChI=1S/C15H14F3NO3S/c16-15(17,18)12-6-8-14(9-7-12)23(21,22)19(10-11-20)13-4-2-1-3-5-13/h1-9,20H,10-11H2. The summed E-state index contributed by atoms with van der Waals surface area (Å²) in [6.07, 6.45) is -4.54. The van der Waals surface area contributed by atoms with Gasteiger partial charge in [0.2, 0.25) is 0 Å². The van der Waals surface area contributed by atoms with E-state index in [1.807, 2.05) is 0 Å². The van der Waals surface area contributed by atoms with Gasteiger partial charge in [0.15, 0.2) is 0 Å². The molecule has 0 aliphatic heterocycles. The van der Waals surface area contributed by atoms with Crippen LogP contribution in [0.5, 0.6) is 0 Å². The molecule has 124 valence electrons. The molecule has 0 amide bonds. The van der Waals surface area contributed by atoms with E-state index in [1.54, 1.807) is 18.2 Å². The molecule has 4 nitrogen and oxygen atoms in total. The molecular weight excluding hydrogens is 331 g/mol. The van der Waals surface area contributed by atoms with Gasteiger partial charge < -0.3 is 5.11 Å². The Morgan fingerprint density at radius 2 is 1.52 bits per heavy atom. The van der Waals surface area contributed by atoms with Crippen LogP contribution in [-0.4, -0.2) is 26.7 Å². The van der Waals surface area contributed by atoms with Gasteiger partial charge in [0, 0.05) is 0 Å². The molecule has 0 aliphatic carbocycles. The summed E-state index contributed by atoms with van der Waals surface area (Å²) < 4.78 is 63.9. The van der Waals surface area contributed by atoms with E-state index in [4.69, 9.17) is 5.11 Å². The molecule has 2 rings (SSSR count). The van der Waals surface area contributed by atoms with Crippen molar-refractivity contribution in [1.82, 2.24) is 0 Å². The topological polar surface area (TPSA) is 57.6 Å². The number of nitrogens with zero attached hydrogens (tertiary/aromatic N) is 1. The zero-order valence-corrected chi connectivity index (χ0v) is 12.7. The fourth-order valence-corrected chi connectivity index (χ4v) is 3.47. The van der Waals surface area contributed by atoms with Crippen molar-refractivity contribution >= 4 is 15.7 Å². The zero-order valence-electron chi connectivity index (χ0n) is 11.9. The summed E-state index contributed by atoms with van der Waals surface area (Å²) in [5, 5.41) is 9.10. The molecule has 2 aromatic rings. The lowest BCUT2D eigenvalue weighted by molar-refractivity contribution is -0.137. The zero-order chi connectivity index (χ0) is 17.1. The van der Waals surface area contributed by atoms with Gasteiger partial charge in [-0.3, -0.25) is 4.31 Å². The molecule has 0 spiro atoms. The van der Waals surface area contributed by atoms with Crippen LogP contribution in [0.1, 0.15) is 5.56 Å². The predicted molar refractivity (Wildman–Crippen MR) is 79.5 cm³/mol. The number of aliphatic hydroxyl groups is 1. The van der Waals surface area contributed by atoms with Crippen molar-refractivity contribution in [3.8, 4) is 0 Å². The third-order valence-corrected chi connectivity index (χ3v) is 4.96. The number of anilines is 1. The Balaban J connectivity index is 2.42. The van der Waals surface area contributed by atoms with E-state index in [1.165, 1.54) is 12.1 Å². The highest BCUT2D eigenvalue weighted by Crippen LogP contribution is 2.31. The Labute approximate surface area is 131 Å². The van der Waals surface area contributed by atoms with Crippen molar-refractivity contribution in [2.75, 3.05) is 17.5 Å². The summed E-state index contributed by atoms with van der Waals surface area (Å²) in [5.74, 6) is 0. The van der Waals surface area contributed by atoms with Gasteiger partial charge in [-0.05, 0) is 36.4 Å². The highest BCUT2D eigenvalue weighted by molar-refractivity contribution is 7.92. The maximum Gasteiger partial charge on any atom is 0.416 e. The van der Waals surface area contributed by atoms with Gasteiger partial charge in [0.05, 0.1) is 29.3 Å². The molecule has 8 heteroatoms. The van der Waals surface area contributed by atoms with Crippen molar-refractivity contribution < 1.29 is 26.7 Å². The SMILES string of the molecule is O=S(=O)(c1ccc(C(F)(F)F)cc1)N(CCO)c1ccccc1. The number of sulfonamides is 1. The lowest BCUT2D eigenvalue weighted by Gasteiger charge is -2.23. The fraction of sp³-hybridized carbons (Fsp3) is 0.200. The molecule has 0 saturated carbocycles. The molecule has 0 saturated heterocycles. The second-order valence-corrected chi connectivity index (χ2v) is 6.52. The van der Waals surface area contributed by atoms with Crippen LogP contribution in [0.3, 0.4) is 0 Å². The van der Waals surface area contributed by atoms with Crippen LogP contribution in [0, 0.1) is 0 Å². The Hall–Kier alpha value is -2.06. The average molecular weight is 345 g/mol. The van der Waals surface area contributed by atoms with Crippen LogP contribution in [0.25, 0.3) is 0 Å². The first-order valence-electron chi connectivity index (χ1n) is 6.63. The Bertz CT molecular complexity index is 744. The van der Waals surface area contributed by atoms with Crippen LogP contribution >= 0.6 is 0 Å². The van der Waals surface area contributed by atoms with E-state index >= 15 is 0 Å². The molecular formula is C15H14F3NO3S. The van der Waals surface area contributed by atoms with Gasteiger partial charge >= 0.3 is 6.18 Å². The maximum atomic E-state index is 12.6. The number of benzene rings is 2. The van der Waals surface area contributed by atoms with Gasteiger partial charge in [-0.15, -0.1) is 0 Å². The number of hydrogen-bond acceptors (Lipinski definition) is 3. The summed E-state index contributed by atoms with van der Waals surface area (Å²) in [6.45, 7) is -0.623. The number of para-hydroxylation sites is 1. The summed E-state index contributed by atoms with van der Waals surface area (Å²) >= 11 is 0. The van der Waals surface area contributed by atoms with E-state index in [2.05, 4.69) is 0 Å². The normalized spacial score (nSPS) is 12.2. The smallest absolute Gasteiger partial charge is 0.394 e. The molecule has 0 aliphatic rings. The molecule has 0 unspecified atom stereocenters. The van der Waals surface area contributed by atoms with Crippen molar-refractivity contribution in [1.29, 1.82) is 0 Å². The van der Waals surface area contributed by atoms with E-state index in [0.29, 0.717) is 5.69 Å². The van der Waals surface area contributed by atoms with Gasteiger partial charge in [0.1, 0.15) is 0 Å². The minimum atomic E-state index is -4.54. The summed E-state index contributed by atoms with van der Waals surface area (Å²) in [4.78, 5) is -0.275. The summed E-state index contributed by atoms with van der Waals surface area (Å²) in [6, 6.07) is 11.3. The first kappa shape index (κ1) is 17.3. The van der Waals surface area contributed by atoms with Crippen LogP contribution in [0.15, 0.2) is 59.5 Å². The number of aliphatic hydroxyl groups excluding tert-OH is 1. The van der Waals surface area contributed by atoms with E-state index in [-0.39, 0.29) is 11.4 Å². The van der Waals surface area contributed by atoms with E-state index < -0.39 is 28.4 Å². The van der Waals surface area contributed by atoms with Crippen LogP contribution in [-0.2, 0) is 16.2 Å². The molecule has 0 radical (unpaired) electrons. The molecule has 23 heavy (non-hydrogen) atoms. The Kier molecular flexibility index (Phi) is 4.96. The predicted octanol–water partition coefficient (Wildman–Crippen LogP) is 2.89. The average Bonchev–Trinajstić information content (AvgIpc) is 2.52. The summed E-state index contributed by atoms with van der Waals surface area (Å²) in [7, 11) is -4.07. The van der Waals surface area contributed by atoms with Gasteiger partial charge in [-0.1, -0.05) is 18.2 Å². The Morgan fingerprint density at radius 1 is 0.957 bits per heavy atom. The number of rotatable bonds is 5. The first-order valence-corrected chi connectivity index (χ1v) is 8.07. The minimum Gasteiger partial charge on any atom is -0.394 e. The largest absolute Gasteiger partial charge is 0.416 e. The highest BCUT2D eigenvalue weighted by Gasteiger charge is 2.31. The lowest BCUT2D eigenvalue weighted by Crippen LogP contribution is -2.33. The lowest BCUT2D eigenvalue weighted by atomic mass is 10.2. The Morgan fingerprint density at radius 3 is 2.00 bits per heavy atom. The van der Waals surface area contributed by atoms with E-state index in [0.717, 1.165) is 28.6 Å². The minimum absolute atomic E-state index is 0.201. The maximum absolute atomic E-state index is 12.6. The van der Waals surface area contributed by atoms with Crippen molar-refractivity contribution in [2.45, 2.75) is 11.1 Å². The third kappa shape index (κ3) is 3.83. The third-order valence-electron chi connectivity index (χ3n) is 3.12. The summed E-state index contributed by atoms with van der Waals surface area (Å²) in [5.41, 5.74) is -0.605. The molecule has 0 atom stereocenters. The van der Waals surface area contributed by atoms with Crippen molar-refractivity contribution in [3.63, 3.8) is 0 Å². The molecule has 1 N–H and O–H groups in total. The second-order valence-electron chi connectivity index (χ2n) is 4.66.